The number of fused-ring (bicyclic) bond motifs is 2. The van der Waals surface area contributed by atoms with Gasteiger partial charge in [0, 0.05) is 60.3 Å². The fourth-order valence-electron chi connectivity index (χ4n) is 5.26. The highest BCUT2D eigenvalue weighted by molar-refractivity contribution is 7.13. The maximum absolute atomic E-state index is 13.8. The number of aromatic nitrogens is 2. The standard InChI is InChI=1S/C26H31ClN6O3S/c1-15(34)29-9-11-33-10-7-19-21(14-33)37-25(31-19)23(35)26(28)8-3-2-4-22(26)32-24(36)20-13-16-12-17(27)5-6-18(16)30-20/h5-6,12-13,22,30H,2-4,7-11,14,28H2,1H3,(H,29,34)(H,32,36). The molecule has 0 radical (unpaired) electrons. The molecule has 1 fully saturated rings. The number of aromatic amines is 1. The van der Waals surface area contributed by atoms with Crippen LogP contribution in [-0.4, -0.2) is 63.7 Å². The smallest absolute Gasteiger partial charge is 0.268 e. The van der Waals surface area contributed by atoms with E-state index in [4.69, 9.17) is 17.3 Å². The van der Waals surface area contributed by atoms with Crippen LogP contribution in [0.2, 0.25) is 5.02 Å². The summed E-state index contributed by atoms with van der Waals surface area (Å²) < 4.78 is 0. The van der Waals surface area contributed by atoms with Crippen molar-refractivity contribution in [2.75, 3.05) is 19.6 Å². The normalized spacial score (nSPS) is 22.0. The van der Waals surface area contributed by atoms with Gasteiger partial charge in [0.1, 0.15) is 11.2 Å². The van der Waals surface area contributed by atoms with E-state index < -0.39 is 11.6 Å². The van der Waals surface area contributed by atoms with Gasteiger partial charge in [0.05, 0.1) is 11.7 Å². The average molecular weight is 543 g/mol. The maximum atomic E-state index is 13.8. The van der Waals surface area contributed by atoms with Gasteiger partial charge in [0.2, 0.25) is 11.7 Å². The van der Waals surface area contributed by atoms with E-state index in [0.29, 0.717) is 41.7 Å². The number of carbonyl (C=O) groups excluding carboxylic acids is 3. The van der Waals surface area contributed by atoms with Crippen molar-refractivity contribution in [2.45, 2.75) is 57.2 Å². The van der Waals surface area contributed by atoms with E-state index in [1.807, 2.05) is 6.07 Å². The van der Waals surface area contributed by atoms with Crippen molar-refractivity contribution in [1.29, 1.82) is 0 Å². The number of amides is 2. The molecule has 1 saturated carbocycles. The molecule has 1 aliphatic carbocycles. The summed E-state index contributed by atoms with van der Waals surface area (Å²) in [5, 5.41) is 7.72. The summed E-state index contributed by atoms with van der Waals surface area (Å²) in [6, 6.07) is 6.66. The van der Waals surface area contributed by atoms with Crippen molar-refractivity contribution in [1.82, 2.24) is 25.5 Å². The third-order valence-corrected chi connectivity index (χ3v) is 8.63. The molecule has 5 rings (SSSR count). The van der Waals surface area contributed by atoms with Gasteiger partial charge >= 0.3 is 0 Å². The number of rotatable bonds is 7. The highest BCUT2D eigenvalue weighted by atomic mass is 35.5. The fraction of sp³-hybridized carbons (Fsp3) is 0.462. The Hall–Kier alpha value is -2.79. The molecule has 0 spiro atoms. The number of carbonyl (C=O) groups is 3. The number of ketones is 1. The van der Waals surface area contributed by atoms with E-state index in [2.05, 4.69) is 25.5 Å². The first-order valence-corrected chi connectivity index (χ1v) is 13.8. The zero-order valence-corrected chi connectivity index (χ0v) is 22.3. The van der Waals surface area contributed by atoms with E-state index in [1.54, 1.807) is 18.2 Å². The largest absolute Gasteiger partial charge is 0.355 e. The molecule has 2 aliphatic rings. The topological polar surface area (TPSA) is 133 Å². The first kappa shape index (κ1) is 25.8. The number of thiazole rings is 1. The Morgan fingerprint density at radius 2 is 2.14 bits per heavy atom. The van der Waals surface area contributed by atoms with Crippen LogP contribution in [0.1, 0.15) is 63.5 Å². The Morgan fingerprint density at radius 1 is 1.30 bits per heavy atom. The van der Waals surface area contributed by atoms with Gasteiger partial charge in [-0.25, -0.2) is 4.98 Å². The van der Waals surface area contributed by atoms with E-state index in [0.717, 1.165) is 53.8 Å². The van der Waals surface area contributed by atoms with Gasteiger partial charge in [-0.1, -0.05) is 24.4 Å². The molecular weight excluding hydrogens is 512 g/mol. The van der Waals surface area contributed by atoms with Crippen molar-refractivity contribution in [3.05, 3.63) is 50.6 Å². The molecule has 196 valence electrons. The monoisotopic (exact) mass is 542 g/mol. The number of H-pyrrole nitrogens is 1. The highest BCUT2D eigenvalue weighted by Gasteiger charge is 2.46. The number of hydrogen-bond acceptors (Lipinski definition) is 7. The van der Waals surface area contributed by atoms with Crippen LogP contribution in [0.3, 0.4) is 0 Å². The number of Topliss-reactive ketones (excluding diaryl/α,β-unsaturated/α-hetero) is 1. The van der Waals surface area contributed by atoms with Crippen molar-refractivity contribution in [2.24, 2.45) is 5.73 Å². The van der Waals surface area contributed by atoms with Gasteiger partial charge in [0.25, 0.3) is 5.91 Å². The fourth-order valence-corrected chi connectivity index (χ4v) is 6.62. The first-order chi connectivity index (χ1) is 17.7. The number of halogens is 1. The third-order valence-electron chi connectivity index (χ3n) is 7.32. The zero-order chi connectivity index (χ0) is 26.2. The Labute approximate surface area is 224 Å². The van der Waals surface area contributed by atoms with Crippen LogP contribution in [0.5, 0.6) is 0 Å². The molecule has 2 unspecified atom stereocenters. The minimum absolute atomic E-state index is 0.0420. The highest BCUT2D eigenvalue weighted by Crippen LogP contribution is 2.33. The zero-order valence-electron chi connectivity index (χ0n) is 20.7. The molecule has 3 heterocycles. The maximum Gasteiger partial charge on any atom is 0.268 e. The molecule has 0 bridgehead atoms. The second-order valence-electron chi connectivity index (χ2n) is 9.95. The Kier molecular flexibility index (Phi) is 7.35. The summed E-state index contributed by atoms with van der Waals surface area (Å²) in [5.41, 5.74) is 7.75. The average Bonchev–Trinajstić information content (AvgIpc) is 3.48. The lowest BCUT2D eigenvalue weighted by Crippen LogP contribution is -2.64. The molecule has 1 aliphatic heterocycles. The van der Waals surface area contributed by atoms with Gasteiger partial charge < -0.3 is 21.4 Å². The van der Waals surface area contributed by atoms with Gasteiger partial charge in [0.15, 0.2) is 5.01 Å². The predicted octanol–water partition coefficient (Wildman–Crippen LogP) is 3.02. The third kappa shape index (κ3) is 5.43. The summed E-state index contributed by atoms with van der Waals surface area (Å²) in [5.74, 6) is -0.542. The van der Waals surface area contributed by atoms with Crippen LogP contribution in [0.25, 0.3) is 10.9 Å². The van der Waals surface area contributed by atoms with Crippen LogP contribution in [0.4, 0.5) is 0 Å². The molecule has 3 aromatic rings. The second-order valence-corrected chi connectivity index (χ2v) is 11.5. The Balaban J connectivity index is 1.30. The molecule has 9 nitrogen and oxygen atoms in total. The molecule has 5 N–H and O–H groups in total. The van der Waals surface area contributed by atoms with Crippen LogP contribution in [0.15, 0.2) is 24.3 Å². The summed E-state index contributed by atoms with van der Waals surface area (Å²) in [6.07, 6.45) is 3.58. The van der Waals surface area contributed by atoms with E-state index >= 15 is 0 Å². The second kappa shape index (κ2) is 10.5. The lowest BCUT2D eigenvalue weighted by molar-refractivity contribution is -0.119. The van der Waals surface area contributed by atoms with Gasteiger partial charge in [-0.05, 0) is 37.1 Å². The number of nitrogens with zero attached hydrogens (tertiary/aromatic N) is 2. The SMILES string of the molecule is CC(=O)NCCN1CCc2nc(C(=O)C3(N)CCCCC3NC(=O)c3cc4cc(Cl)ccc4[nH]3)sc2C1. The molecule has 1 aromatic carbocycles. The number of hydrogen-bond donors (Lipinski definition) is 4. The van der Waals surface area contributed by atoms with Crippen LogP contribution < -0.4 is 16.4 Å². The molecule has 2 amide bonds. The quantitative estimate of drug-likeness (QED) is 0.339. The van der Waals surface area contributed by atoms with Crippen molar-refractivity contribution in [3.63, 3.8) is 0 Å². The van der Waals surface area contributed by atoms with Gasteiger partial charge in [-0.15, -0.1) is 11.3 Å². The van der Waals surface area contributed by atoms with Crippen LogP contribution in [0, 0.1) is 0 Å². The summed E-state index contributed by atoms with van der Waals surface area (Å²) in [4.78, 5) is 49.2. The molecular formula is C26H31ClN6O3S. The number of benzene rings is 1. The van der Waals surface area contributed by atoms with Crippen LogP contribution >= 0.6 is 22.9 Å². The van der Waals surface area contributed by atoms with Crippen molar-refractivity contribution < 1.29 is 14.4 Å². The van der Waals surface area contributed by atoms with Crippen molar-refractivity contribution >= 4 is 51.4 Å². The minimum Gasteiger partial charge on any atom is -0.355 e. The molecule has 37 heavy (non-hydrogen) atoms. The summed E-state index contributed by atoms with van der Waals surface area (Å²) in [7, 11) is 0. The lowest BCUT2D eigenvalue weighted by Gasteiger charge is -2.39. The number of nitrogens with two attached hydrogens (primary N) is 1. The van der Waals surface area contributed by atoms with Crippen molar-refractivity contribution in [3.8, 4) is 0 Å². The van der Waals surface area contributed by atoms with Gasteiger partial charge in [-0.3, -0.25) is 19.3 Å². The summed E-state index contributed by atoms with van der Waals surface area (Å²) >= 11 is 7.48. The van der Waals surface area contributed by atoms with E-state index in [1.165, 1.54) is 18.3 Å². The van der Waals surface area contributed by atoms with E-state index in [-0.39, 0.29) is 17.6 Å². The molecule has 2 aromatic heterocycles. The van der Waals surface area contributed by atoms with Gasteiger partial charge in [-0.2, -0.15) is 0 Å². The number of nitrogens with one attached hydrogen (secondary N) is 3. The molecule has 2 atom stereocenters. The predicted molar refractivity (Wildman–Crippen MR) is 144 cm³/mol. The summed E-state index contributed by atoms with van der Waals surface area (Å²) in [6.45, 7) is 4.37. The van der Waals surface area contributed by atoms with Crippen LogP contribution in [-0.2, 0) is 17.8 Å². The van der Waals surface area contributed by atoms with E-state index in [9.17, 15) is 14.4 Å². The lowest BCUT2D eigenvalue weighted by atomic mass is 9.75. The minimum atomic E-state index is -1.21. The Bertz CT molecular complexity index is 1350. The Morgan fingerprint density at radius 3 is 2.95 bits per heavy atom. The molecule has 0 saturated heterocycles. The first-order valence-electron chi connectivity index (χ1n) is 12.6. The molecule has 11 heteroatoms.